The molecule has 112 valence electrons. The van der Waals surface area contributed by atoms with Crippen molar-refractivity contribution in [3.8, 4) is 0 Å². The van der Waals surface area contributed by atoms with Gasteiger partial charge in [0, 0.05) is 23.2 Å². The number of nitrogens with one attached hydrogen (secondary N) is 1. The van der Waals surface area contributed by atoms with Crippen LogP contribution < -0.4 is 11.1 Å². The molecule has 1 aromatic carbocycles. The molecule has 0 aliphatic rings. The summed E-state index contributed by atoms with van der Waals surface area (Å²) in [5.74, 6) is 0. The van der Waals surface area contributed by atoms with Crippen molar-refractivity contribution >= 4 is 17.7 Å². The van der Waals surface area contributed by atoms with E-state index < -0.39 is 6.09 Å². The lowest BCUT2D eigenvalue weighted by Gasteiger charge is -2.09. The fourth-order valence-electron chi connectivity index (χ4n) is 1.62. The minimum atomic E-state index is -0.462. The zero-order valence-electron chi connectivity index (χ0n) is 11.3. The molecular formula is C14H21ClN2O3. The molecule has 0 unspecified atom stereocenters. The van der Waals surface area contributed by atoms with Crippen molar-refractivity contribution < 1.29 is 14.6 Å². The second-order valence-electron chi connectivity index (χ2n) is 4.53. The average Bonchev–Trinajstić information content (AvgIpc) is 2.45. The zero-order chi connectivity index (χ0) is 14.8. The van der Waals surface area contributed by atoms with E-state index in [0.717, 1.165) is 24.8 Å². The molecule has 5 nitrogen and oxygen atoms in total. The molecule has 20 heavy (non-hydrogen) atoms. The summed E-state index contributed by atoms with van der Waals surface area (Å²) < 4.78 is 5.06. The van der Waals surface area contributed by atoms with Crippen molar-refractivity contribution in [2.24, 2.45) is 5.73 Å². The molecule has 0 aliphatic heterocycles. The summed E-state index contributed by atoms with van der Waals surface area (Å²) in [5, 5.41) is 12.0. The second-order valence-corrected chi connectivity index (χ2v) is 4.94. The minimum Gasteiger partial charge on any atom is -0.445 e. The molecule has 0 radical (unpaired) electrons. The van der Waals surface area contributed by atoms with E-state index in [9.17, 15) is 4.79 Å². The van der Waals surface area contributed by atoms with Crippen molar-refractivity contribution in [2.75, 3.05) is 13.2 Å². The number of nitrogens with two attached hydrogens (primary N) is 1. The maximum absolute atomic E-state index is 11.4. The fourth-order valence-corrected chi connectivity index (χ4v) is 1.81. The molecular weight excluding hydrogens is 280 g/mol. The Morgan fingerprint density at radius 2 is 2.15 bits per heavy atom. The number of halogens is 1. The fraction of sp³-hybridized carbons (Fsp3) is 0.500. The highest BCUT2D eigenvalue weighted by molar-refractivity contribution is 6.31. The predicted octanol–water partition coefficient (Wildman–Crippen LogP) is 2.06. The van der Waals surface area contributed by atoms with Crippen LogP contribution in [0.15, 0.2) is 24.3 Å². The summed E-state index contributed by atoms with van der Waals surface area (Å²) in [6, 6.07) is 7.05. The third-order valence-corrected chi connectivity index (χ3v) is 3.19. The number of aliphatic hydroxyl groups excluding tert-OH is 1. The lowest BCUT2D eigenvalue weighted by atomic mass is 10.1. The first kappa shape index (κ1) is 16.8. The summed E-state index contributed by atoms with van der Waals surface area (Å²) in [4.78, 5) is 11.4. The van der Waals surface area contributed by atoms with E-state index in [4.69, 9.17) is 27.2 Å². The normalized spacial score (nSPS) is 11.9. The van der Waals surface area contributed by atoms with Gasteiger partial charge in [-0.15, -0.1) is 0 Å². The summed E-state index contributed by atoms with van der Waals surface area (Å²) in [5.41, 5.74) is 6.34. The van der Waals surface area contributed by atoms with Gasteiger partial charge in [0.1, 0.15) is 6.61 Å². The van der Waals surface area contributed by atoms with E-state index in [1.54, 1.807) is 6.07 Å². The molecule has 0 spiro atoms. The van der Waals surface area contributed by atoms with Crippen LogP contribution in [0.5, 0.6) is 0 Å². The van der Waals surface area contributed by atoms with Gasteiger partial charge in [-0.3, -0.25) is 0 Å². The molecule has 1 rings (SSSR count). The van der Waals surface area contributed by atoms with Gasteiger partial charge in [0.25, 0.3) is 0 Å². The van der Waals surface area contributed by atoms with Crippen molar-refractivity contribution in [2.45, 2.75) is 31.9 Å². The first-order valence-corrected chi connectivity index (χ1v) is 7.01. The van der Waals surface area contributed by atoms with Gasteiger partial charge in [0.15, 0.2) is 0 Å². The number of alkyl carbamates (subject to hydrolysis) is 1. The molecule has 0 fully saturated rings. The first-order valence-electron chi connectivity index (χ1n) is 6.64. The average molecular weight is 301 g/mol. The van der Waals surface area contributed by atoms with E-state index in [1.165, 1.54) is 0 Å². The Balaban J connectivity index is 2.11. The highest BCUT2D eigenvalue weighted by Crippen LogP contribution is 2.15. The van der Waals surface area contributed by atoms with E-state index in [1.807, 2.05) is 18.2 Å². The molecule has 0 saturated carbocycles. The van der Waals surface area contributed by atoms with Crippen LogP contribution in [-0.2, 0) is 11.3 Å². The van der Waals surface area contributed by atoms with Crippen LogP contribution in [0.3, 0.4) is 0 Å². The number of amides is 1. The van der Waals surface area contributed by atoms with E-state index in [2.05, 4.69) is 5.32 Å². The monoisotopic (exact) mass is 300 g/mol. The molecule has 0 aromatic heterocycles. The maximum Gasteiger partial charge on any atom is 0.407 e. The standard InChI is InChI=1S/C14H21ClN2O3/c15-13-7-2-1-5-11(13)10-20-14(19)17-8-4-3-6-12(16)9-18/h1-2,5,7,12,18H,3-4,6,8-10,16H2,(H,17,19)/t12-/m1/s1. The first-order chi connectivity index (χ1) is 9.63. The van der Waals surface area contributed by atoms with Crippen molar-refractivity contribution in [1.29, 1.82) is 0 Å². The van der Waals surface area contributed by atoms with Gasteiger partial charge in [0.05, 0.1) is 6.61 Å². The van der Waals surface area contributed by atoms with Crippen LogP contribution >= 0.6 is 11.6 Å². The number of aliphatic hydroxyl groups is 1. The number of benzene rings is 1. The summed E-state index contributed by atoms with van der Waals surface area (Å²) >= 11 is 5.95. The molecule has 1 amide bonds. The maximum atomic E-state index is 11.4. The van der Waals surface area contributed by atoms with Gasteiger partial charge in [-0.05, 0) is 18.9 Å². The van der Waals surface area contributed by atoms with Crippen LogP contribution in [0.2, 0.25) is 5.02 Å². The molecule has 1 atom stereocenters. The topological polar surface area (TPSA) is 84.6 Å². The lowest BCUT2D eigenvalue weighted by molar-refractivity contribution is 0.139. The molecule has 0 heterocycles. The summed E-state index contributed by atoms with van der Waals surface area (Å²) in [6.45, 7) is 0.674. The van der Waals surface area contributed by atoms with Crippen molar-refractivity contribution in [3.63, 3.8) is 0 Å². The minimum absolute atomic E-state index is 0.00664. The van der Waals surface area contributed by atoms with E-state index in [0.29, 0.717) is 11.6 Å². The van der Waals surface area contributed by atoms with Gasteiger partial charge >= 0.3 is 6.09 Å². The van der Waals surface area contributed by atoms with Gasteiger partial charge in [0.2, 0.25) is 0 Å². The Hall–Kier alpha value is -1.30. The predicted molar refractivity (Wildman–Crippen MR) is 78.6 cm³/mol. The third kappa shape index (κ3) is 6.75. The highest BCUT2D eigenvalue weighted by Gasteiger charge is 2.05. The van der Waals surface area contributed by atoms with E-state index in [-0.39, 0.29) is 19.3 Å². The van der Waals surface area contributed by atoms with Crippen LogP contribution in [0.4, 0.5) is 4.79 Å². The number of hydrogen-bond acceptors (Lipinski definition) is 4. The van der Waals surface area contributed by atoms with Crippen molar-refractivity contribution in [3.05, 3.63) is 34.9 Å². The number of rotatable bonds is 8. The number of carbonyl (C=O) groups excluding carboxylic acids is 1. The van der Waals surface area contributed by atoms with Gasteiger partial charge in [-0.1, -0.05) is 36.2 Å². The highest BCUT2D eigenvalue weighted by atomic mass is 35.5. The Kier molecular flexibility index (Phi) is 8.02. The molecule has 0 bridgehead atoms. The Morgan fingerprint density at radius 3 is 2.85 bits per heavy atom. The Morgan fingerprint density at radius 1 is 1.40 bits per heavy atom. The van der Waals surface area contributed by atoms with Gasteiger partial charge < -0.3 is 20.9 Å². The van der Waals surface area contributed by atoms with Crippen LogP contribution in [-0.4, -0.2) is 30.4 Å². The van der Waals surface area contributed by atoms with Crippen LogP contribution in [0, 0.1) is 0 Å². The molecule has 0 saturated heterocycles. The quantitative estimate of drug-likeness (QED) is 0.642. The zero-order valence-corrected chi connectivity index (χ0v) is 12.1. The number of hydrogen-bond donors (Lipinski definition) is 3. The number of ether oxygens (including phenoxy) is 1. The number of carbonyl (C=O) groups is 1. The van der Waals surface area contributed by atoms with Crippen molar-refractivity contribution in [1.82, 2.24) is 5.32 Å². The lowest BCUT2D eigenvalue weighted by Crippen LogP contribution is -2.27. The van der Waals surface area contributed by atoms with Gasteiger partial charge in [-0.25, -0.2) is 4.79 Å². The summed E-state index contributed by atoms with van der Waals surface area (Å²) in [6.07, 6.45) is 1.94. The Bertz CT molecular complexity index is 415. The van der Waals surface area contributed by atoms with E-state index >= 15 is 0 Å². The molecule has 1 aromatic rings. The van der Waals surface area contributed by atoms with Crippen LogP contribution in [0.25, 0.3) is 0 Å². The Labute approximate surface area is 124 Å². The smallest absolute Gasteiger partial charge is 0.407 e. The SMILES string of the molecule is N[C@@H](CO)CCCCNC(=O)OCc1ccccc1Cl. The summed E-state index contributed by atoms with van der Waals surface area (Å²) in [7, 11) is 0. The van der Waals surface area contributed by atoms with Gasteiger partial charge in [-0.2, -0.15) is 0 Å². The molecule has 4 N–H and O–H groups in total. The number of unbranched alkanes of at least 4 members (excludes halogenated alkanes) is 1. The largest absolute Gasteiger partial charge is 0.445 e. The molecule has 6 heteroatoms. The molecule has 0 aliphatic carbocycles. The third-order valence-electron chi connectivity index (χ3n) is 2.82. The second kappa shape index (κ2) is 9.58. The van der Waals surface area contributed by atoms with Crippen LogP contribution in [0.1, 0.15) is 24.8 Å².